The predicted octanol–water partition coefficient (Wildman–Crippen LogP) is 4.97. The summed E-state index contributed by atoms with van der Waals surface area (Å²) in [5, 5.41) is 0. The monoisotopic (exact) mass is 391 g/mol. The van der Waals surface area contributed by atoms with Crippen molar-refractivity contribution in [2.45, 2.75) is 129 Å². The van der Waals surface area contributed by atoms with Gasteiger partial charge in [0.25, 0.3) is 0 Å². The Kier molecular flexibility index (Phi) is 8.64. The van der Waals surface area contributed by atoms with E-state index in [1.54, 1.807) is 5.57 Å². The summed E-state index contributed by atoms with van der Waals surface area (Å²) in [7, 11) is 0. The molecular formula is C27H46LiN. The molecule has 4 aliphatic carbocycles. The van der Waals surface area contributed by atoms with Crippen molar-refractivity contribution in [2.24, 2.45) is 23.5 Å². The third kappa shape index (κ3) is 5.10. The number of allylic oxidation sites excluding steroid dienone is 3. The molecule has 0 amide bonds. The molecule has 1 unspecified atom stereocenters. The van der Waals surface area contributed by atoms with Crippen LogP contribution in [0.2, 0.25) is 0 Å². The van der Waals surface area contributed by atoms with Gasteiger partial charge in [-0.15, -0.1) is 0 Å². The zero-order valence-electron chi connectivity index (χ0n) is 20.8. The van der Waals surface area contributed by atoms with Crippen molar-refractivity contribution in [1.82, 2.24) is 0 Å². The van der Waals surface area contributed by atoms with Crippen molar-refractivity contribution in [1.29, 1.82) is 0 Å². The number of hydrogen-bond donors (Lipinski definition) is 1. The molecule has 3 saturated carbocycles. The Morgan fingerprint density at radius 2 is 1.14 bits per heavy atom. The first kappa shape index (κ1) is 23.7. The van der Waals surface area contributed by atoms with Crippen molar-refractivity contribution in [3.05, 3.63) is 22.3 Å². The molecule has 0 spiro atoms. The maximum absolute atomic E-state index is 7.02. The Hall–Kier alpha value is 0.0374. The quantitative estimate of drug-likeness (QED) is 0.658. The van der Waals surface area contributed by atoms with Crippen LogP contribution in [0.3, 0.4) is 0 Å². The van der Waals surface area contributed by atoms with Crippen molar-refractivity contribution in [2.75, 3.05) is 0 Å². The summed E-state index contributed by atoms with van der Waals surface area (Å²) in [5.41, 5.74) is 14.2. The fraction of sp³-hybridized carbons (Fsp3) is 0.852. The smallest absolute Gasteiger partial charge is 1.00 e. The van der Waals surface area contributed by atoms with E-state index in [-0.39, 0.29) is 25.8 Å². The van der Waals surface area contributed by atoms with E-state index in [1.165, 1.54) is 103 Å². The first-order valence-corrected chi connectivity index (χ1v) is 12.9. The van der Waals surface area contributed by atoms with Gasteiger partial charge in [0.05, 0.1) is 0 Å². The van der Waals surface area contributed by atoms with Crippen LogP contribution in [0.25, 0.3) is 0 Å². The normalized spacial score (nSPS) is 27.8. The predicted molar refractivity (Wildman–Crippen MR) is 122 cm³/mol. The Balaban J connectivity index is 0.00000160. The molecule has 0 bridgehead atoms. The molecule has 0 heterocycles. The van der Waals surface area contributed by atoms with Crippen LogP contribution in [-0.4, -0.2) is 5.54 Å². The van der Waals surface area contributed by atoms with Crippen LogP contribution in [-0.2, 0) is 0 Å². The third-order valence-corrected chi connectivity index (χ3v) is 8.88. The molecule has 160 valence electrons. The maximum Gasteiger partial charge on any atom is 1.00 e. The van der Waals surface area contributed by atoms with Crippen LogP contribution in [0.5, 0.6) is 0 Å². The topological polar surface area (TPSA) is 26.0 Å². The number of hydrogen-bond acceptors (Lipinski definition) is 1. The van der Waals surface area contributed by atoms with Crippen LogP contribution in [0.4, 0.5) is 0 Å². The van der Waals surface area contributed by atoms with Gasteiger partial charge in [-0.1, -0.05) is 70.3 Å². The van der Waals surface area contributed by atoms with E-state index in [4.69, 9.17) is 5.73 Å². The molecule has 4 rings (SSSR count). The average Bonchev–Trinajstić information content (AvgIpc) is 3.17. The van der Waals surface area contributed by atoms with Gasteiger partial charge in [0.15, 0.2) is 0 Å². The zero-order valence-corrected chi connectivity index (χ0v) is 19.8. The summed E-state index contributed by atoms with van der Waals surface area (Å²) in [6, 6.07) is 0. The molecule has 3 fully saturated rings. The Morgan fingerprint density at radius 1 is 0.724 bits per heavy atom. The van der Waals surface area contributed by atoms with E-state index in [9.17, 15) is 0 Å². The molecule has 2 heteroatoms. The summed E-state index contributed by atoms with van der Waals surface area (Å²) >= 11 is 0. The standard InChI is InChI=1S/C27H45N.Li.H/c1-3-27(2,28)24-19-23(20-13-7-4-8-14-20)25(21-15-9-5-10-16-21)26(24)22-17-11-6-12-18-22;;/h20-22H,3-19,28H2,1-2H3;;/q;+1;-1. The third-order valence-electron chi connectivity index (χ3n) is 8.88. The van der Waals surface area contributed by atoms with Gasteiger partial charge in [0.2, 0.25) is 0 Å². The Bertz CT molecular complexity index is 602. The molecule has 0 aromatic carbocycles. The number of rotatable bonds is 5. The average molecular weight is 392 g/mol. The molecule has 1 nitrogen and oxygen atoms in total. The Morgan fingerprint density at radius 3 is 1.59 bits per heavy atom. The molecule has 29 heavy (non-hydrogen) atoms. The van der Waals surface area contributed by atoms with Crippen LogP contribution in [0.15, 0.2) is 22.3 Å². The van der Waals surface area contributed by atoms with Gasteiger partial charge in [-0.3, -0.25) is 0 Å². The van der Waals surface area contributed by atoms with E-state index in [1.807, 2.05) is 16.7 Å². The van der Waals surface area contributed by atoms with Crippen LogP contribution < -0.4 is 24.6 Å². The second-order valence-corrected chi connectivity index (χ2v) is 10.8. The van der Waals surface area contributed by atoms with Gasteiger partial charge < -0.3 is 7.16 Å². The molecule has 0 aromatic rings. The maximum atomic E-state index is 7.02. The molecule has 2 N–H and O–H groups in total. The molecule has 4 aliphatic rings. The second kappa shape index (κ2) is 10.6. The summed E-state index contributed by atoms with van der Waals surface area (Å²) in [5.74, 6) is 2.54. The van der Waals surface area contributed by atoms with Gasteiger partial charge >= 0.3 is 18.9 Å². The van der Waals surface area contributed by atoms with Gasteiger partial charge in [-0.2, -0.15) is 0 Å². The fourth-order valence-electron chi connectivity index (χ4n) is 6.99. The summed E-state index contributed by atoms with van der Waals surface area (Å²) < 4.78 is 0. The molecule has 0 aromatic heterocycles. The zero-order chi connectivity index (χ0) is 19.6. The molecule has 0 radical (unpaired) electrons. The van der Waals surface area contributed by atoms with Crippen LogP contribution in [0.1, 0.15) is 124 Å². The van der Waals surface area contributed by atoms with Crippen molar-refractivity contribution in [3.63, 3.8) is 0 Å². The van der Waals surface area contributed by atoms with Gasteiger partial charge in [-0.05, 0) is 92.8 Å². The van der Waals surface area contributed by atoms with Gasteiger partial charge in [0.1, 0.15) is 0 Å². The van der Waals surface area contributed by atoms with E-state index < -0.39 is 0 Å². The number of nitrogens with two attached hydrogens (primary N) is 1. The largest absolute Gasteiger partial charge is 1.00 e. The van der Waals surface area contributed by atoms with E-state index in [0.29, 0.717) is 0 Å². The molecule has 0 saturated heterocycles. The van der Waals surface area contributed by atoms with Crippen molar-refractivity contribution >= 4 is 0 Å². The summed E-state index contributed by atoms with van der Waals surface area (Å²) in [6.07, 6.45) is 24.0. The molecule has 0 aliphatic heterocycles. The minimum atomic E-state index is -0.108. The SMILES string of the molecule is CCC(C)(N)C1=C(C2CCCCC2)C(C2CCCCC2)=C(C2CCCCC2)C1.[H-].[Li+]. The Labute approximate surface area is 194 Å². The summed E-state index contributed by atoms with van der Waals surface area (Å²) in [4.78, 5) is 0. The first-order valence-electron chi connectivity index (χ1n) is 12.9. The first-order chi connectivity index (χ1) is 13.6. The van der Waals surface area contributed by atoms with E-state index >= 15 is 0 Å². The van der Waals surface area contributed by atoms with Crippen molar-refractivity contribution < 1.29 is 20.3 Å². The van der Waals surface area contributed by atoms with E-state index in [2.05, 4.69) is 13.8 Å². The van der Waals surface area contributed by atoms with Gasteiger partial charge in [-0.25, -0.2) is 0 Å². The van der Waals surface area contributed by atoms with Crippen LogP contribution >= 0.6 is 0 Å². The van der Waals surface area contributed by atoms with Crippen LogP contribution in [0, 0.1) is 17.8 Å². The minimum absolute atomic E-state index is 0. The second-order valence-electron chi connectivity index (χ2n) is 10.8. The van der Waals surface area contributed by atoms with Gasteiger partial charge in [0, 0.05) is 5.54 Å². The minimum Gasteiger partial charge on any atom is -1.00 e. The van der Waals surface area contributed by atoms with E-state index in [0.717, 1.165) is 24.2 Å². The molecular weight excluding hydrogens is 345 g/mol. The fourth-order valence-corrected chi connectivity index (χ4v) is 6.99. The molecule has 1 atom stereocenters. The summed E-state index contributed by atoms with van der Waals surface area (Å²) in [6.45, 7) is 4.65. The van der Waals surface area contributed by atoms with Crippen molar-refractivity contribution in [3.8, 4) is 0 Å².